The first kappa shape index (κ1) is 19.4. The van der Waals surface area contributed by atoms with Gasteiger partial charge >= 0.3 is 0 Å². The van der Waals surface area contributed by atoms with E-state index < -0.39 is 0 Å². The first-order valence-electron chi connectivity index (χ1n) is 10.4. The number of piperidine rings is 1. The summed E-state index contributed by atoms with van der Waals surface area (Å²) in [5.41, 5.74) is 4.03. The Morgan fingerprint density at radius 1 is 1.07 bits per heavy atom. The molecule has 0 saturated carbocycles. The minimum atomic E-state index is -0.0665. The van der Waals surface area contributed by atoms with Gasteiger partial charge in [0.2, 0.25) is 0 Å². The molecule has 1 aromatic heterocycles. The number of hydrogen-bond donors (Lipinski definition) is 1. The van der Waals surface area contributed by atoms with E-state index in [4.69, 9.17) is 0 Å². The Hall–Kier alpha value is -2.92. The molecule has 1 amide bonds. The molecule has 1 atom stereocenters. The van der Waals surface area contributed by atoms with Gasteiger partial charge in [-0.15, -0.1) is 0 Å². The Balaban J connectivity index is 1.30. The van der Waals surface area contributed by atoms with Crippen LogP contribution in [0.2, 0.25) is 0 Å². The van der Waals surface area contributed by atoms with Crippen molar-refractivity contribution in [1.29, 1.82) is 0 Å². The van der Waals surface area contributed by atoms with Gasteiger partial charge in [-0.05, 0) is 67.8 Å². The van der Waals surface area contributed by atoms with Crippen LogP contribution in [-0.2, 0) is 13.1 Å². The summed E-state index contributed by atoms with van der Waals surface area (Å²) in [4.78, 5) is 15.0. The van der Waals surface area contributed by atoms with Gasteiger partial charge in [0.05, 0.1) is 5.69 Å². The number of rotatable bonds is 6. The number of nitrogens with zero attached hydrogens (tertiary/aromatic N) is 3. The molecule has 0 bridgehead atoms. The van der Waals surface area contributed by atoms with Gasteiger partial charge in [-0.25, -0.2) is 4.68 Å². The van der Waals surface area contributed by atoms with Crippen LogP contribution in [0.3, 0.4) is 0 Å². The molecular weight excluding hydrogens is 360 g/mol. The van der Waals surface area contributed by atoms with Crippen LogP contribution < -0.4 is 5.32 Å². The second kappa shape index (κ2) is 9.05. The fraction of sp³-hybridized carbons (Fsp3) is 0.333. The van der Waals surface area contributed by atoms with Crippen LogP contribution in [0.5, 0.6) is 0 Å². The Labute approximate surface area is 172 Å². The quantitative estimate of drug-likeness (QED) is 0.689. The molecule has 3 aromatic rings. The SMILES string of the molecule is CC1CCCCN1Cc1ccc(CNC(=O)c2ccc(-n3cccn3)cc2)cc1. The first-order chi connectivity index (χ1) is 14.2. The monoisotopic (exact) mass is 388 g/mol. The minimum absolute atomic E-state index is 0.0665. The normalized spacial score (nSPS) is 17.2. The third kappa shape index (κ3) is 4.93. The molecule has 150 valence electrons. The number of carbonyl (C=O) groups is 1. The molecule has 5 heteroatoms. The number of likely N-dealkylation sites (tertiary alicyclic amines) is 1. The van der Waals surface area contributed by atoms with E-state index in [1.807, 2.05) is 36.5 Å². The standard InChI is InChI=1S/C24H28N4O/c1-19-5-2-3-15-27(19)18-21-8-6-20(7-9-21)17-25-24(29)22-10-12-23(13-11-22)28-16-4-14-26-28/h4,6-14,16,19H,2-3,5,15,17-18H2,1H3,(H,25,29). The Morgan fingerprint density at radius 2 is 1.83 bits per heavy atom. The van der Waals surface area contributed by atoms with Crippen LogP contribution in [-0.4, -0.2) is 33.2 Å². The zero-order chi connectivity index (χ0) is 20.1. The summed E-state index contributed by atoms with van der Waals surface area (Å²) in [7, 11) is 0. The Kier molecular flexibility index (Phi) is 6.06. The second-order valence-electron chi connectivity index (χ2n) is 7.81. The molecular formula is C24H28N4O. The number of aromatic nitrogens is 2. The van der Waals surface area contributed by atoms with Crippen LogP contribution >= 0.6 is 0 Å². The van der Waals surface area contributed by atoms with Gasteiger partial charge in [-0.3, -0.25) is 9.69 Å². The largest absolute Gasteiger partial charge is 0.348 e. The Bertz CT molecular complexity index is 917. The summed E-state index contributed by atoms with van der Waals surface area (Å²) in [6.45, 7) is 5.05. The zero-order valence-corrected chi connectivity index (χ0v) is 16.9. The maximum Gasteiger partial charge on any atom is 0.251 e. The molecule has 1 unspecified atom stereocenters. The summed E-state index contributed by atoms with van der Waals surface area (Å²) in [5, 5.41) is 7.20. The zero-order valence-electron chi connectivity index (χ0n) is 16.9. The lowest BCUT2D eigenvalue weighted by Crippen LogP contribution is -2.36. The molecule has 1 fully saturated rings. The summed E-state index contributed by atoms with van der Waals surface area (Å²) >= 11 is 0. The number of hydrogen-bond acceptors (Lipinski definition) is 3. The third-order valence-electron chi connectivity index (χ3n) is 5.70. The molecule has 0 radical (unpaired) electrons. The van der Waals surface area contributed by atoms with E-state index in [2.05, 4.69) is 46.5 Å². The molecule has 0 spiro atoms. The highest BCUT2D eigenvalue weighted by Crippen LogP contribution is 2.19. The number of nitrogens with one attached hydrogen (secondary N) is 1. The van der Waals surface area contributed by atoms with Crippen LogP contribution in [0, 0.1) is 0 Å². The van der Waals surface area contributed by atoms with Crippen molar-refractivity contribution < 1.29 is 4.79 Å². The number of carbonyl (C=O) groups excluding carboxylic acids is 1. The highest BCUT2D eigenvalue weighted by Gasteiger charge is 2.17. The van der Waals surface area contributed by atoms with Crippen LogP contribution in [0.4, 0.5) is 0 Å². The van der Waals surface area contributed by atoms with E-state index in [1.165, 1.54) is 31.4 Å². The van der Waals surface area contributed by atoms with Crippen molar-refractivity contribution in [1.82, 2.24) is 20.0 Å². The maximum atomic E-state index is 12.4. The van der Waals surface area contributed by atoms with Gasteiger partial charge < -0.3 is 5.32 Å². The van der Waals surface area contributed by atoms with Crippen molar-refractivity contribution in [3.8, 4) is 5.69 Å². The number of amides is 1. The fourth-order valence-corrected chi connectivity index (χ4v) is 3.86. The van der Waals surface area contributed by atoms with Crippen LogP contribution in [0.1, 0.15) is 47.7 Å². The van der Waals surface area contributed by atoms with Crippen LogP contribution in [0.25, 0.3) is 5.69 Å². The predicted molar refractivity (Wildman–Crippen MR) is 115 cm³/mol. The van der Waals surface area contributed by atoms with E-state index in [0.717, 1.165) is 17.8 Å². The molecule has 1 aliphatic heterocycles. The van der Waals surface area contributed by atoms with Crippen molar-refractivity contribution >= 4 is 5.91 Å². The lowest BCUT2D eigenvalue weighted by atomic mass is 10.0. The van der Waals surface area contributed by atoms with E-state index >= 15 is 0 Å². The average molecular weight is 389 g/mol. The van der Waals surface area contributed by atoms with Crippen molar-refractivity contribution in [3.63, 3.8) is 0 Å². The molecule has 2 aromatic carbocycles. The summed E-state index contributed by atoms with van der Waals surface area (Å²) < 4.78 is 1.77. The van der Waals surface area contributed by atoms with Crippen LogP contribution in [0.15, 0.2) is 67.0 Å². The molecule has 0 aliphatic carbocycles. The lowest BCUT2D eigenvalue weighted by molar-refractivity contribution is 0.0951. The van der Waals surface area contributed by atoms with Crippen molar-refractivity contribution in [2.45, 2.75) is 45.3 Å². The highest BCUT2D eigenvalue weighted by molar-refractivity contribution is 5.94. The van der Waals surface area contributed by atoms with E-state index in [0.29, 0.717) is 18.2 Å². The predicted octanol–water partition coefficient (Wildman–Crippen LogP) is 4.18. The summed E-state index contributed by atoms with van der Waals surface area (Å²) in [6, 6.07) is 18.6. The molecule has 1 saturated heterocycles. The topological polar surface area (TPSA) is 50.2 Å². The van der Waals surface area contributed by atoms with Gasteiger partial charge in [0.1, 0.15) is 0 Å². The van der Waals surface area contributed by atoms with E-state index in [9.17, 15) is 4.79 Å². The Morgan fingerprint density at radius 3 is 2.52 bits per heavy atom. The van der Waals surface area contributed by atoms with Crippen molar-refractivity contribution in [2.75, 3.05) is 6.54 Å². The van der Waals surface area contributed by atoms with Gasteiger partial charge in [-0.2, -0.15) is 5.10 Å². The minimum Gasteiger partial charge on any atom is -0.348 e. The molecule has 29 heavy (non-hydrogen) atoms. The van der Waals surface area contributed by atoms with E-state index in [1.54, 1.807) is 10.9 Å². The van der Waals surface area contributed by atoms with Crippen molar-refractivity contribution in [2.24, 2.45) is 0 Å². The summed E-state index contributed by atoms with van der Waals surface area (Å²) in [6.07, 6.45) is 7.57. The highest BCUT2D eigenvalue weighted by atomic mass is 16.1. The van der Waals surface area contributed by atoms with Gasteiger partial charge in [-0.1, -0.05) is 30.7 Å². The second-order valence-corrected chi connectivity index (χ2v) is 7.81. The summed E-state index contributed by atoms with van der Waals surface area (Å²) in [5.74, 6) is -0.0665. The molecule has 1 aliphatic rings. The smallest absolute Gasteiger partial charge is 0.251 e. The average Bonchev–Trinajstić information content (AvgIpc) is 3.30. The fourth-order valence-electron chi connectivity index (χ4n) is 3.86. The van der Waals surface area contributed by atoms with Gasteiger partial charge in [0.25, 0.3) is 5.91 Å². The van der Waals surface area contributed by atoms with Gasteiger partial charge in [0, 0.05) is 37.1 Å². The molecule has 2 heterocycles. The van der Waals surface area contributed by atoms with Gasteiger partial charge in [0.15, 0.2) is 0 Å². The van der Waals surface area contributed by atoms with E-state index in [-0.39, 0.29) is 5.91 Å². The first-order valence-corrected chi connectivity index (χ1v) is 10.4. The molecule has 5 nitrogen and oxygen atoms in total. The third-order valence-corrected chi connectivity index (χ3v) is 5.70. The molecule has 1 N–H and O–H groups in total. The lowest BCUT2D eigenvalue weighted by Gasteiger charge is -2.33. The van der Waals surface area contributed by atoms with Crippen molar-refractivity contribution in [3.05, 3.63) is 83.7 Å². The maximum absolute atomic E-state index is 12.4. The number of benzene rings is 2. The molecule has 4 rings (SSSR count).